The Morgan fingerprint density at radius 2 is 0.895 bits per heavy atom. The molecule has 2 fully saturated rings. The van der Waals surface area contributed by atoms with Crippen molar-refractivity contribution in [3.8, 4) is 23.0 Å². The average molecular weight is 1140 g/mol. The second kappa shape index (κ2) is 28.0. The van der Waals surface area contributed by atoms with Gasteiger partial charge in [-0.05, 0) is 103 Å². The fourth-order valence-corrected chi connectivity index (χ4v) is 21.2. The Hall–Kier alpha value is -6.55. The van der Waals surface area contributed by atoms with Gasteiger partial charge in [0.2, 0.25) is 0 Å². The lowest BCUT2D eigenvalue weighted by molar-refractivity contribution is -0.386. The van der Waals surface area contributed by atoms with E-state index in [2.05, 4.69) is 18.0 Å². The third-order valence-corrected chi connectivity index (χ3v) is 22.0. The quantitative estimate of drug-likeness (QED) is 0.0154. The zero-order valence-electron chi connectivity index (χ0n) is 44.4. The van der Waals surface area contributed by atoms with Gasteiger partial charge >= 0.3 is 29.4 Å². The lowest BCUT2D eigenvalue weighted by Crippen LogP contribution is -2.44. The van der Waals surface area contributed by atoms with Gasteiger partial charge in [-0.2, -0.15) is 0 Å². The molecular formula is C46H68N4O22Si4. The molecule has 2 aromatic rings. The van der Waals surface area contributed by atoms with Crippen molar-refractivity contribution in [1.82, 2.24) is 10.1 Å². The van der Waals surface area contributed by atoms with Crippen LogP contribution in [-0.4, -0.2) is 126 Å². The molecule has 420 valence electrons. The van der Waals surface area contributed by atoms with Crippen LogP contribution in [0.25, 0.3) is 0 Å². The van der Waals surface area contributed by atoms with Crippen molar-refractivity contribution >= 4 is 81.1 Å². The number of hydrogen-bond donors (Lipinski definition) is 2. The minimum atomic E-state index is -2.71. The Labute approximate surface area is 443 Å². The monoisotopic (exact) mass is 1140 g/mol. The molecule has 4 rings (SSSR count). The first-order chi connectivity index (χ1) is 35.3. The SMILES string of the molecule is C=CCOc1cc(C(C)OC(=O)ON2C(=O)CCC2=O)c([N+](=O)[O-])cc1OCC=C.CC(OC(=O)ON1C(=O)CCC1=O)c1cc(OCCC[Si](C)(C)O[Si](C)(C)O)c(OCCC[Si](C)(C)O[Si](C)(C)O)cc1[N+](=O)[O-]. The summed E-state index contributed by atoms with van der Waals surface area (Å²) in [5.41, 5.74) is -0.833. The summed E-state index contributed by atoms with van der Waals surface area (Å²) in [4.78, 5) is 123. The van der Waals surface area contributed by atoms with Gasteiger partial charge in [-0.15, -0.1) is 0 Å². The highest BCUT2D eigenvalue weighted by Crippen LogP contribution is 2.41. The molecule has 2 atom stereocenters. The largest absolute Gasteiger partial charge is 0.534 e. The summed E-state index contributed by atoms with van der Waals surface area (Å²) in [5, 5.41) is 24.3. The van der Waals surface area contributed by atoms with Crippen LogP contribution in [0.4, 0.5) is 21.0 Å². The molecular weight excluding hydrogens is 1070 g/mol. The van der Waals surface area contributed by atoms with Gasteiger partial charge in [-0.1, -0.05) is 35.4 Å². The van der Waals surface area contributed by atoms with Crippen molar-refractivity contribution in [3.63, 3.8) is 0 Å². The van der Waals surface area contributed by atoms with Gasteiger partial charge in [0.25, 0.3) is 35.0 Å². The van der Waals surface area contributed by atoms with E-state index >= 15 is 0 Å². The smallest absolute Gasteiger partial charge is 0.490 e. The van der Waals surface area contributed by atoms with Crippen molar-refractivity contribution in [2.75, 3.05) is 26.4 Å². The first kappa shape index (κ1) is 63.7. The number of ether oxygens (including phenoxy) is 6. The van der Waals surface area contributed by atoms with Crippen LogP contribution >= 0.6 is 0 Å². The number of carbonyl (C=O) groups excluding carboxylic acids is 6. The second-order valence-corrected chi connectivity index (χ2v) is 34.8. The predicted molar refractivity (Wildman–Crippen MR) is 278 cm³/mol. The van der Waals surface area contributed by atoms with Gasteiger partial charge < -0.3 is 46.2 Å². The zero-order valence-corrected chi connectivity index (χ0v) is 48.4. The van der Waals surface area contributed by atoms with Crippen molar-refractivity contribution in [3.05, 3.63) is 80.9 Å². The molecule has 0 spiro atoms. The highest BCUT2D eigenvalue weighted by molar-refractivity contribution is 6.82. The highest BCUT2D eigenvalue weighted by atomic mass is 28.4. The van der Waals surface area contributed by atoms with Gasteiger partial charge in [0, 0.05) is 25.7 Å². The van der Waals surface area contributed by atoms with E-state index in [1.807, 2.05) is 26.2 Å². The fourth-order valence-electron chi connectivity index (χ4n) is 7.58. The third-order valence-electron chi connectivity index (χ3n) is 10.5. The van der Waals surface area contributed by atoms with Crippen LogP contribution in [0.1, 0.15) is 75.7 Å². The Bertz CT molecular complexity index is 2450. The molecule has 76 heavy (non-hydrogen) atoms. The first-order valence-corrected chi connectivity index (χ1v) is 35.9. The van der Waals surface area contributed by atoms with E-state index in [0.717, 1.165) is 6.07 Å². The predicted octanol–water partition coefficient (Wildman–Crippen LogP) is 8.25. The maximum atomic E-state index is 12.4. The van der Waals surface area contributed by atoms with Crippen LogP contribution in [0, 0.1) is 20.2 Å². The molecule has 26 nitrogen and oxygen atoms in total. The molecule has 0 radical (unpaired) electrons. The number of amides is 4. The van der Waals surface area contributed by atoms with E-state index in [0.29, 0.717) is 35.1 Å². The molecule has 2 aliphatic heterocycles. The maximum Gasteiger partial charge on any atom is 0.534 e. The molecule has 0 aromatic heterocycles. The van der Waals surface area contributed by atoms with Crippen molar-refractivity contribution < 1.29 is 94.5 Å². The van der Waals surface area contributed by atoms with Crippen LogP contribution < -0.4 is 18.9 Å². The first-order valence-electron chi connectivity index (χ1n) is 24.0. The molecule has 2 saturated heterocycles. The number of nitro groups is 2. The summed E-state index contributed by atoms with van der Waals surface area (Å²) in [5.74, 6) is -2.20. The molecule has 2 aromatic carbocycles. The van der Waals surface area contributed by atoms with Crippen LogP contribution in [0.5, 0.6) is 23.0 Å². The molecule has 4 amide bonds. The summed E-state index contributed by atoms with van der Waals surface area (Å²) in [7, 11) is -9.79. The van der Waals surface area contributed by atoms with Crippen LogP contribution in [0.3, 0.4) is 0 Å². The average Bonchev–Trinajstić information content (AvgIpc) is 3.78. The Morgan fingerprint density at radius 3 is 1.20 bits per heavy atom. The van der Waals surface area contributed by atoms with Crippen molar-refractivity contribution in [2.45, 2.75) is 129 Å². The highest BCUT2D eigenvalue weighted by Gasteiger charge is 2.38. The van der Waals surface area contributed by atoms with Crippen molar-refractivity contribution in [2.24, 2.45) is 0 Å². The van der Waals surface area contributed by atoms with Gasteiger partial charge in [0.05, 0.1) is 46.3 Å². The Balaban J connectivity index is 0.000000437. The topological polar surface area (TPSA) is 328 Å². The number of imide groups is 2. The second-order valence-electron chi connectivity index (χ2n) is 19.3. The third kappa shape index (κ3) is 20.9. The summed E-state index contributed by atoms with van der Waals surface area (Å²) in [6.45, 7) is 25.2. The number of nitro benzene ring substituents is 2. The van der Waals surface area contributed by atoms with E-state index in [9.17, 15) is 58.6 Å². The zero-order chi connectivity index (χ0) is 57.3. The van der Waals surface area contributed by atoms with Crippen molar-refractivity contribution in [1.29, 1.82) is 0 Å². The standard InChI is InChI=1S/C27H48N2O13Si4.C19H20N2O9/c1-20(39-27(32)40-28-25(30)12-13-26(28)31)21-18-23(37-14-10-16-43(2,3)41-45(6,7)35)24(19-22(21)29(33)34)38-15-11-17-44(4,5)42-46(8,9)36;1-4-8-27-15-10-13(14(21(25)26)11-16(15)28-9-5-2)12(3)29-19(24)30-20-17(22)6-7-18(20)23/h18-20,35-36H,10-17H2,1-9H3;4-5,10-12H,1-2,6-9H2,3H3. The molecule has 2 unspecified atom stereocenters. The molecule has 2 heterocycles. The van der Waals surface area contributed by atoms with Gasteiger partial charge in [0.15, 0.2) is 39.6 Å². The Kier molecular flexibility index (Phi) is 23.5. The van der Waals surface area contributed by atoms with Crippen LogP contribution in [0.15, 0.2) is 49.6 Å². The summed E-state index contributed by atoms with van der Waals surface area (Å²) in [6, 6.07) is 6.36. The van der Waals surface area contributed by atoms with Gasteiger partial charge in [-0.3, -0.25) is 49.1 Å². The number of hydrogen-bond acceptors (Lipinski definition) is 22. The number of benzene rings is 2. The number of rotatable bonds is 28. The lowest BCUT2D eigenvalue weighted by atomic mass is 10.1. The number of carbonyl (C=O) groups is 6. The molecule has 2 aliphatic rings. The van der Waals surface area contributed by atoms with E-state index in [4.69, 9.17) is 41.5 Å². The summed E-state index contributed by atoms with van der Waals surface area (Å²) >= 11 is 0. The summed E-state index contributed by atoms with van der Waals surface area (Å²) in [6.07, 6.45) is -1.44. The van der Waals surface area contributed by atoms with Crippen LogP contribution in [-0.2, 0) is 46.6 Å². The Morgan fingerprint density at radius 1 is 0.592 bits per heavy atom. The van der Waals surface area contributed by atoms with E-state index in [1.165, 1.54) is 44.2 Å². The van der Waals surface area contributed by atoms with Gasteiger partial charge in [-0.25, -0.2) is 9.59 Å². The maximum absolute atomic E-state index is 12.4. The minimum absolute atomic E-state index is 0.0129. The fraction of sp³-hybridized carbons (Fsp3) is 0.522. The minimum Gasteiger partial charge on any atom is -0.490 e. The van der Waals surface area contributed by atoms with E-state index in [-0.39, 0.29) is 86.2 Å². The number of hydroxylamine groups is 4. The van der Waals surface area contributed by atoms with Crippen LogP contribution in [0.2, 0.25) is 64.5 Å². The molecule has 0 saturated carbocycles. The molecule has 0 bridgehead atoms. The molecule has 30 heteroatoms. The van der Waals surface area contributed by atoms with E-state index < -0.39 is 103 Å². The lowest BCUT2D eigenvalue weighted by Gasteiger charge is -2.30. The van der Waals surface area contributed by atoms with E-state index in [1.54, 1.807) is 26.2 Å². The molecule has 2 N–H and O–H groups in total. The van der Waals surface area contributed by atoms with Gasteiger partial charge in [0.1, 0.15) is 25.4 Å². The molecule has 0 aliphatic carbocycles. The summed E-state index contributed by atoms with van der Waals surface area (Å²) < 4.78 is 45.1. The normalized spacial score (nSPS) is 14.7. The number of nitrogens with zero attached hydrogens (tertiary/aromatic N) is 4.